The highest BCUT2D eigenvalue weighted by atomic mass is 16.5. The number of anilines is 3. The predicted octanol–water partition coefficient (Wildman–Crippen LogP) is 3.91. The van der Waals surface area contributed by atoms with Crippen molar-refractivity contribution in [3.05, 3.63) is 60.3 Å². The van der Waals surface area contributed by atoms with E-state index in [1.807, 2.05) is 31.2 Å². The number of hydrogen-bond donors (Lipinski definition) is 3. The number of benzene rings is 2. The molecule has 1 aromatic heterocycles. The van der Waals surface area contributed by atoms with Crippen molar-refractivity contribution in [1.82, 2.24) is 10.3 Å². The molecule has 27 heavy (non-hydrogen) atoms. The summed E-state index contributed by atoms with van der Waals surface area (Å²) in [6.07, 6.45) is 1.70. The summed E-state index contributed by atoms with van der Waals surface area (Å²) in [4.78, 5) is 27.7. The lowest BCUT2D eigenvalue weighted by atomic mass is 10.1. The Balaban J connectivity index is 1.87. The van der Waals surface area contributed by atoms with Crippen LogP contribution in [0.4, 0.5) is 22.0 Å². The van der Waals surface area contributed by atoms with E-state index in [9.17, 15) is 9.59 Å². The van der Waals surface area contributed by atoms with Crippen molar-refractivity contribution < 1.29 is 14.3 Å². The molecule has 0 aliphatic rings. The quantitative estimate of drug-likeness (QED) is 0.597. The van der Waals surface area contributed by atoms with Crippen LogP contribution in [-0.4, -0.2) is 30.6 Å². The highest BCUT2D eigenvalue weighted by Gasteiger charge is 2.08. The standard InChI is InChI=1S/C20H20N4O3/c1-3-21-20(26)24-18-11-13-6-5-9-17(16(13)12-22-18)23-15-8-4-7-14(10-15)19(25)27-2/h4-12,23H,3H2,1-2H3,(H2,21,22,24,26). The second-order valence-electron chi connectivity index (χ2n) is 5.78. The monoisotopic (exact) mass is 364 g/mol. The molecular weight excluding hydrogens is 344 g/mol. The topological polar surface area (TPSA) is 92.4 Å². The van der Waals surface area contributed by atoms with Gasteiger partial charge in [-0.15, -0.1) is 0 Å². The van der Waals surface area contributed by atoms with Crippen LogP contribution in [0.15, 0.2) is 54.7 Å². The third-order valence-electron chi connectivity index (χ3n) is 3.91. The lowest BCUT2D eigenvalue weighted by Gasteiger charge is -2.12. The molecule has 2 aromatic carbocycles. The normalized spacial score (nSPS) is 10.3. The molecule has 3 N–H and O–H groups in total. The van der Waals surface area contributed by atoms with Gasteiger partial charge in [-0.2, -0.15) is 0 Å². The van der Waals surface area contributed by atoms with E-state index in [-0.39, 0.29) is 12.0 Å². The number of carbonyl (C=O) groups is 2. The number of amides is 2. The number of pyridine rings is 1. The average Bonchev–Trinajstić information content (AvgIpc) is 2.68. The Morgan fingerprint density at radius 1 is 1.11 bits per heavy atom. The number of ether oxygens (including phenoxy) is 1. The summed E-state index contributed by atoms with van der Waals surface area (Å²) in [5.74, 6) is 0.0811. The molecular formula is C20H20N4O3. The van der Waals surface area contributed by atoms with Crippen molar-refractivity contribution in [2.24, 2.45) is 0 Å². The minimum absolute atomic E-state index is 0.293. The Morgan fingerprint density at radius 3 is 2.70 bits per heavy atom. The summed E-state index contributed by atoms with van der Waals surface area (Å²) in [5, 5.41) is 10.5. The highest BCUT2D eigenvalue weighted by Crippen LogP contribution is 2.27. The number of methoxy groups -OCH3 is 1. The lowest BCUT2D eigenvalue weighted by molar-refractivity contribution is 0.0600. The maximum absolute atomic E-state index is 11.7. The van der Waals surface area contributed by atoms with E-state index < -0.39 is 0 Å². The lowest BCUT2D eigenvalue weighted by Crippen LogP contribution is -2.28. The molecule has 0 saturated heterocycles. The van der Waals surface area contributed by atoms with Gasteiger partial charge in [-0.05, 0) is 42.6 Å². The number of hydrogen-bond acceptors (Lipinski definition) is 5. The molecule has 7 heteroatoms. The predicted molar refractivity (Wildman–Crippen MR) is 106 cm³/mol. The second kappa shape index (κ2) is 8.18. The summed E-state index contributed by atoms with van der Waals surface area (Å²) in [5.41, 5.74) is 2.07. The maximum Gasteiger partial charge on any atom is 0.337 e. The highest BCUT2D eigenvalue weighted by molar-refractivity contribution is 5.98. The van der Waals surface area contributed by atoms with Crippen LogP contribution >= 0.6 is 0 Å². The van der Waals surface area contributed by atoms with Gasteiger partial charge >= 0.3 is 12.0 Å². The first-order chi connectivity index (χ1) is 13.1. The zero-order valence-corrected chi connectivity index (χ0v) is 15.1. The number of rotatable bonds is 5. The largest absolute Gasteiger partial charge is 0.465 e. The van der Waals surface area contributed by atoms with Crippen molar-refractivity contribution in [3.8, 4) is 0 Å². The molecule has 0 saturated carbocycles. The van der Waals surface area contributed by atoms with Gasteiger partial charge in [0.25, 0.3) is 0 Å². The Morgan fingerprint density at radius 2 is 1.93 bits per heavy atom. The van der Waals surface area contributed by atoms with Crippen LogP contribution in [0.25, 0.3) is 10.8 Å². The molecule has 0 fully saturated rings. The molecule has 138 valence electrons. The van der Waals surface area contributed by atoms with E-state index in [0.717, 1.165) is 22.1 Å². The summed E-state index contributed by atoms with van der Waals surface area (Å²) >= 11 is 0. The number of nitrogens with one attached hydrogen (secondary N) is 3. The summed E-state index contributed by atoms with van der Waals surface area (Å²) in [6.45, 7) is 2.39. The SMILES string of the molecule is CCNC(=O)Nc1cc2cccc(Nc3cccc(C(=O)OC)c3)c2cn1. The van der Waals surface area contributed by atoms with Crippen molar-refractivity contribution in [1.29, 1.82) is 0 Å². The van der Waals surface area contributed by atoms with E-state index in [0.29, 0.717) is 17.9 Å². The number of carbonyl (C=O) groups excluding carboxylic acids is 2. The van der Waals surface area contributed by atoms with Crippen LogP contribution in [0.3, 0.4) is 0 Å². The number of nitrogens with zero attached hydrogens (tertiary/aromatic N) is 1. The third-order valence-corrected chi connectivity index (χ3v) is 3.91. The molecule has 2 amide bonds. The molecule has 0 bridgehead atoms. The first kappa shape index (κ1) is 18.2. The molecule has 0 aliphatic carbocycles. The van der Waals surface area contributed by atoms with E-state index >= 15 is 0 Å². The molecule has 0 spiro atoms. The van der Waals surface area contributed by atoms with Crippen molar-refractivity contribution in [2.45, 2.75) is 6.92 Å². The van der Waals surface area contributed by atoms with Gasteiger partial charge in [0.15, 0.2) is 0 Å². The molecule has 0 aliphatic heterocycles. The minimum Gasteiger partial charge on any atom is -0.465 e. The number of esters is 1. The van der Waals surface area contributed by atoms with Gasteiger partial charge in [0.1, 0.15) is 5.82 Å². The molecule has 0 radical (unpaired) electrons. The van der Waals surface area contributed by atoms with Crippen LogP contribution in [0.1, 0.15) is 17.3 Å². The molecule has 3 aromatic rings. The Labute approximate surface area is 156 Å². The summed E-state index contributed by atoms with van der Waals surface area (Å²) in [7, 11) is 1.35. The van der Waals surface area contributed by atoms with E-state index in [1.165, 1.54) is 7.11 Å². The Kier molecular flexibility index (Phi) is 5.51. The molecule has 0 atom stereocenters. The first-order valence-corrected chi connectivity index (χ1v) is 8.49. The van der Waals surface area contributed by atoms with Gasteiger partial charge in [0.05, 0.1) is 12.7 Å². The zero-order chi connectivity index (χ0) is 19.2. The van der Waals surface area contributed by atoms with Gasteiger partial charge in [-0.3, -0.25) is 5.32 Å². The van der Waals surface area contributed by atoms with Crippen molar-refractivity contribution >= 4 is 40.0 Å². The van der Waals surface area contributed by atoms with Gasteiger partial charge in [-0.1, -0.05) is 18.2 Å². The van der Waals surface area contributed by atoms with E-state index in [4.69, 9.17) is 4.74 Å². The van der Waals surface area contributed by atoms with Crippen LogP contribution in [-0.2, 0) is 4.74 Å². The minimum atomic E-state index is -0.390. The van der Waals surface area contributed by atoms with Crippen molar-refractivity contribution in [3.63, 3.8) is 0 Å². The second-order valence-corrected chi connectivity index (χ2v) is 5.78. The molecule has 0 unspecified atom stereocenters. The fourth-order valence-electron chi connectivity index (χ4n) is 2.67. The van der Waals surface area contributed by atoms with Crippen LogP contribution in [0.2, 0.25) is 0 Å². The maximum atomic E-state index is 11.7. The first-order valence-electron chi connectivity index (χ1n) is 8.49. The number of urea groups is 1. The van der Waals surface area contributed by atoms with Gasteiger partial charge in [-0.25, -0.2) is 14.6 Å². The molecule has 7 nitrogen and oxygen atoms in total. The molecule has 3 rings (SSSR count). The van der Waals surface area contributed by atoms with Gasteiger partial charge in [0.2, 0.25) is 0 Å². The third kappa shape index (κ3) is 4.33. The van der Waals surface area contributed by atoms with Gasteiger partial charge < -0.3 is 15.4 Å². The van der Waals surface area contributed by atoms with E-state index in [1.54, 1.807) is 30.5 Å². The van der Waals surface area contributed by atoms with E-state index in [2.05, 4.69) is 20.9 Å². The summed E-state index contributed by atoms with van der Waals surface area (Å²) < 4.78 is 4.76. The average molecular weight is 364 g/mol. The Bertz CT molecular complexity index is 988. The number of aromatic nitrogens is 1. The fraction of sp³-hybridized carbons (Fsp3) is 0.150. The van der Waals surface area contributed by atoms with Crippen molar-refractivity contribution in [2.75, 3.05) is 24.3 Å². The van der Waals surface area contributed by atoms with Crippen LogP contribution in [0.5, 0.6) is 0 Å². The zero-order valence-electron chi connectivity index (χ0n) is 15.1. The van der Waals surface area contributed by atoms with Crippen LogP contribution in [0, 0.1) is 0 Å². The number of fused-ring (bicyclic) bond motifs is 1. The Hall–Kier alpha value is -3.61. The van der Waals surface area contributed by atoms with Gasteiger partial charge in [0, 0.05) is 29.5 Å². The fourth-order valence-corrected chi connectivity index (χ4v) is 2.67. The molecule has 1 heterocycles. The smallest absolute Gasteiger partial charge is 0.337 e. The van der Waals surface area contributed by atoms with Crippen LogP contribution < -0.4 is 16.0 Å². The summed E-state index contributed by atoms with van der Waals surface area (Å²) in [6, 6.07) is 14.4.